The molecule has 0 amide bonds. The third-order valence-corrected chi connectivity index (χ3v) is 6.14. The average molecular weight is 429 g/mol. The van der Waals surface area contributed by atoms with Crippen molar-refractivity contribution in [3.63, 3.8) is 0 Å². The molecule has 6 heteroatoms. The zero-order valence-electron chi connectivity index (χ0n) is 16.9. The number of carbonyl (C=O) groups is 1. The maximum atomic E-state index is 13.0. The van der Waals surface area contributed by atoms with Crippen molar-refractivity contribution in [2.45, 2.75) is 26.8 Å². The average Bonchev–Trinajstić information content (AvgIpc) is 3.18. The molecule has 152 valence electrons. The lowest BCUT2D eigenvalue weighted by molar-refractivity contribution is -0.149. The Morgan fingerprint density at radius 2 is 1.69 bits per heavy atom. The van der Waals surface area contributed by atoms with E-state index < -0.39 is 6.04 Å². The van der Waals surface area contributed by atoms with Crippen molar-refractivity contribution in [1.82, 2.24) is 9.88 Å². The van der Waals surface area contributed by atoms with Crippen LogP contribution in [0.3, 0.4) is 0 Å². The molecular weight excluding hydrogens is 404 g/mol. The van der Waals surface area contributed by atoms with E-state index in [1.807, 2.05) is 61.5 Å². The molecule has 0 saturated carbocycles. The Kier molecular flexibility index (Phi) is 7.42. The molecule has 0 radical (unpaired) electrons. The predicted molar refractivity (Wildman–Crippen MR) is 120 cm³/mol. The minimum Gasteiger partial charge on any atom is -0.465 e. The first-order chi connectivity index (χ1) is 14.1. The van der Waals surface area contributed by atoms with Crippen molar-refractivity contribution in [3.8, 4) is 21.8 Å². The third kappa shape index (κ3) is 4.86. The number of ether oxygens (including phenoxy) is 1. The highest BCUT2D eigenvalue weighted by molar-refractivity contribution is 7.15. The van der Waals surface area contributed by atoms with Gasteiger partial charge in [-0.3, -0.25) is 4.90 Å². The molecule has 4 nitrogen and oxygen atoms in total. The summed E-state index contributed by atoms with van der Waals surface area (Å²) in [7, 11) is 0. The Bertz CT molecular complexity index is 937. The summed E-state index contributed by atoms with van der Waals surface area (Å²) in [6.07, 6.45) is 0. The fourth-order valence-electron chi connectivity index (χ4n) is 3.27. The van der Waals surface area contributed by atoms with Gasteiger partial charge in [-0.15, -0.1) is 11.3 Å². The SMILES string of the molecule is CCOC(=O)C(c1sc(-c2ccccc2)nc1-c1ccc(Cl)cc1)N(CC)CC. The number of carbonyl (C=O) groups excluding carboxylic acids is 1. The van der Waals surface area contributed by atoms with Crippen LogP contribution in [-0.4, -0.2) is 35.5 Å². The van der Waals surface area contributed by atoms with Crippen LogP contribution < -0.4 is 0 Å². The molecule has 29 heavy (non-hydrogen) atoms. The number of halogens is 1. The number of aromatic nitrogens is 1. The Morgan fingerprint density at radius 3 is 2.28 bits per heavy atom. The summed E-state index contributed by atoms with van der Waals surface area (Å²) >= 11 is 7.64. The Morgan fingerprint density at radius 1 is 1.03 bits per heavy atom. The molecule has 0 N–H and O–H groups in total. The second-order valence-corrected chi connectivity index (χ2v) is 7.95. The lowest BCUT2D eigenvalue weighted by atomic mass is 10.1. The minimum atomic E-state index is -0.495. The van der Waals surface area contributed by atoms with Crippen LogP contribution >= 0.6 is 22.9 Å². The van der Waals surface area contributed by atoms with Gasteiger partial charge in [0, 0.05) is 16.1 Å². The minimum absolute atomic E-state index is 0.241. The van der Waals surface area contributed by atoms with E-state index in [0.29, 0.717) is 11.6 Å². The molecule has 1 aromatic heterocycles. The summed E-state index contributed by atoms with van der Waals surface area (Å²) in [5, 5.41) is 1.55. The summed E-state index contributed by atoms with van der Waals surface area (Å²) in [6.45, 7) is 7.75. The van der Waals surface area contributed by atoms with Gasteiger partial charge in [0.15, 0.2) is 0 Å². The maximum Gasteiger partial charge on any atom is 0.328 e. The third-order valence-electron chi connectivity index (χ3n) is 4.73. The standard InChI is InChI=1S/C23H25ClN2O2S/c1-4-26(5-2)20(23(27)28-6-3)21-19(16-12-14-18(24)15-13-16)25-22(29-21)17-10-8-7-9-11-17/h7-15,20H,4-6H2,1-3H3. The van der Waals surface area contributed by atoms with Crippen LogP contribution in [0.1, 0.15) is 31.7 Å². The highest BCUT2D eigenvalue weighted by Gasteiger charge is 2.33. The van der Waals surface area contributed by atoms with E-state index in [4.69, 9.17) is 21.3 Å². The van der Waals surface area contributed by atoms with Gasteiger partial charge in [0.2, 0.25) is 0 Å². The monoisotopic (exact) mass is 428 g/mol. The number of likely N-dealkylation sites (N-methyl/N-ethyl adjacent to an activating group) is 1. The second-order valence-electron chi connectivity index (χ2n) is 6.48. The van der Waals surface area contributed by atoms with Crippen LogP contribution in [0.5, 0.6) is 0 Å². The molecule has 0 saturated heterocycles. The van der Waals surface area contributed by atoms with Crippen molar-refractivity contribution >= 4 is 28.9 Å². The lowest BCUT2D eigenvalue weighted by Gasteiger charge is -2.27. The fraction of sp³-hybridized carbons (Fsp3) is 0.304. The lowest BCUT2D eigenvalue weighted by Crippen LogP contribution is -2.35. The van der Waals surface area contributed by atoms with Crippen LogP contribution in [0.4, 0.5) is 0 Å². The number of hydrogen-bond donors (Lipinski definition) is 0. The van der Waals surface area contributed by atoms with E-state index in [2.05, 4.69) is 18.7 Å². The number of rotatable bonds is 8. The van der Waals surface area contributed by atoms with Gasteiger partial charge in [-0.25, -0.2) is 9.78 Å². The van der Waals surface area contributed by atoms with Crippen LogP contribution in [0, 0.1) is 0 Å². The molecule has 0 fully saturated rings. The van der Waals surface area contributed by atoms with E-state index in [1.54, 1.807) is 11.3 Å². The summed E-state index contributed by atoms with van der Waals surface area (Å²) in [5.74, 6) is -0.241. The molecule has 1 heterocycles. The summed E-state index contributed by atoms with van der Waals surface area (Å²) in [4.78, 5) is 20.9. The van der Waals surface area contributed by atoms with Crippen molar-refractivity contribution < 1.29 is 9.53 Å². The van der Waals surface area contributed by atoms with E-state index >= 15 is 0 Å². The molecule has 0 spiro atoms. The predicted octanol–water partition coefficient (Wildman–Crippen LogP) is 6.08. The summed E-state index contributed by atoms with van der Waals surface area (Å²) in [6, 6.07) is 17.1. The van der Waals surface area contributed by atoms with E-state index in [9.17, 15) is 4.79 Å². The van der Waals surface area contributed by atoms with Gasteiger partial charge in [-0.1, -0.05) is 67.9 Å². The Hall–Kier alpha value is -2.21. The normalized spacial score (nSPS) is 12.2. The summed E-state index contributed by atoms with van der Waals surface area (Å²) in [5.41, 5.74) is 2.76. The van der Waals surface area contributed by atoms with Crippen molar-refractivity contribution in [1.29, 1.82) is 0 Å². The number of esters is 1. The molecular formula is C23H25ClN2O2S. The molecule has 1 atom stereocenters. The van der Waals surface area contributed by atoms with E-state index in [-0.39, 0.29) is 5.97 Å². The van der Waals surface area contributed by atoms with Gasteiger partial charge in [0.25, 0.3) is 0 Å². The second kappa shape index (κ2) is 10.0. The molecule has 0 bridgehead atoms. The van der Waals surface area contributed by atoms with Gasteiger partial charge >= 0.3 is 5.97 Å². The Balaban J connectivity index is 2.19. The van der Waals surface area contributed by atoms with Gasteiger partial charge in [-0.05, 0) is 32.1 Å². The number of thiazole rings is 1. The molecule has 3 aromatic rings. The van der Waals surface area contributed by atoms with E-state index in [0.717, 1.165) is 39.8 Å². The summed E-state index contributed by atoms with van der Waals surface area (Å²) < 4.78 is 5.45. The smallest absolute Gasteiger partial charge is 0.328 e. The molecule has 2 aromatic carbocycles. The van der Waals surface area contributed by atoms with Crippen LogP contribution in [0.25, 0.3) is 21.8 Å². The topological polar surface area (TPSA) is 42.4 Å². The maximum absolute atomic E-state index is 13.0. The van der Waals surface area contributed by atoms with Gasteiger partial charge in [0.1, 0.15) is 11.0 Å². The number of benzene rings is 2. The zero-order valence-corrected chi connectivity index (χ0v) is 18.5. The molecule has 3 rings (SSSR count). The molecule has 0 aliphatic heterocycles. The van der Waals surface area contributed by atoms with Gasteiger partial charge < -0.3 is 4.74 Å². The van der Waals surface area contributed by atoms with E-state index in [1.165, 1.54) is 0 Å². The highest BCUT2D eigenvalue weighted by Crippen LogP contribution is 2.40. The van der Waals surface area contributed by atoms with Crippen molar-refractivity contribution in [3.05, 3.63) is 64.5 Å². The molecule has 1 unspecified atom stereocenters. The van der Waals surface area contributed by atoms with Gasteiger partial charge in [-0.2, -0.15) is 0 Å². The van der Waals surface area contributed by atoms with Gasteiger partial charge in [0.05, 0.1) is 17.2 Å². The zero-order chi connectivity index (χ0) is 20.8. The van der Waals surface area contributed by atoms with Crippen molar-refractivity contribution in [2.75, 3.05) is 19.7 Å². The van der Waals surface area contributed by atoms with Crippen LogP contribution in [-0.2, 0) is 9.53 Å². The molecule has 0 aliphatic rings. The highest BCUT2D eigenvalue weighted by atomic mass is 35.5. The Labute approximate surface area is 181 Å². The fourth-order valence-corrected chi connectivity index (χ4v) is 4.61. The number of hydrogen-bond acceptors (Lipinski definition) is 5. The quantitative estimate of drug-likeness (QED) is 0.408. The van der Waals surface area contributed by atoms with Crippen LogP contribution in [0.2, 0.25) is 5.02 Å². The van der Waals surface area contributed by atoms with Crippen LogP contribution in [0.15, 0.2) is 54.6 Å². The molecule has 0 aliphatic carbocycles. The van der Waals surface area contributed by atoms with Crippen molar-refractivity contribution in [2.24, 2.45) is 0 Å². The number of nitrogens with zero attached hydrogens (tertiary/aromatic N) is 2. The first kappa shape index (κ1) is 21.5. The first-order valence-corrected chi connectivity index (χ1v) is 11.0. The first-order valence-electron chi connectivity index (χ1n) is 9.81. The largest absolute Gasteiger partial charge is 0.465 e.